The van der Waals surface area contributed by atoms with Gasteiger partial charge in [-0.1, -0.05) is 5.16 Å². The molecule has 1 saturated carbocycles. The first kappa shape index (κ1) is 14.1. The highest BCUT2D eigenvalue weighted by molar-refractivity contribution is 7.91. The first-order valence-corrected chi connectivity index (χ1v) is 9.71. The Balaban J connectivity index is 1.50. The van der Waals surface area contributed by atoms with Gasteiger partial charge < -0.3 is 8.94 Å². The average molecular weight is 346 g/mol. The molecule has 0 radical (unpaired) electrons. The predicted octanol–water partition coefficient (Wildman–Crippen LogP) is 2.05. The summed E-state index contributed by atoms with van der Waals surface area (Å²) in [6.45, 7) is 0. The van der Waals surface area contributed by atoms with Crippen LogP contribution in [0.2, 0.25) is 0 Å². The summed E-state index contributed by atoms with van der Waals surface area (Å²) in [6, 6.07) is 1.90. The monoisotopic (exact) mass is 346 g/mol. The summed E-state index contributed by atoms with van der Waals surface area (Å²) in [7, 11) is -2.99. The van der Waals surface area contributed by atoms with Gasteiger partial charge in [0.2, 0.25) is 11.8 Å². The van der Waals surface area contributed by atoms with Gasteiger partial charge in [-0.15, -0.1) is 10.2 Å². The van der Waals surface area contributed by atoms with Crippen LogP contribution >= 0.6 is 0 Å². The summed E-state index contributed by atoms with van der Waals surface area (Å²) in [5, 5.41) is 13.1. The molecule has 8 nitrogen and oxygen atoms in total. The van der Waals surface area contributed by atoms with Crippen LogP contribution in [0.1, 0.15) is 42.7 Å². The molecule has 1 aliphatic carbocycles. The maximum absolute atomic E-state index is 11.6. The van der Waals surface area contributed by atoms with Gasteiger partial charge in [0, 0.05) is 12.1 Å². The minimum absolute atomic E-state index is 0.0728. The van der Waals surface area contributed by atoms with Crippen LogP contribution in [0.3, 0.4) is 0 Å². The van der Waals surface area contributed by atoms with Crippen molar-refractivity contribution < 1.29 is 17.4 Å². The number of rotatable bonds is 3. The molecule has 9 heteroatoms. The van der Waals surface area contributed by atoms with Crippen LogP contribution in [-0.4, -0.2) is 40.3 Å². The highest BCUT2D eigenvalue weighted by Crippen LogP contribution is 2.42. The van der Waals surface area contributed by atoms with E-state index < -0.39 is 9.84 Å². The second-order valence-corrected chi connectivity index (χ2v) is 8.69. The Morgan fingerprint density at radius 2 is 2.00 bits per heavy atom. The van der Waals surface area contributed by atoms with Crippen LogP contribution in [-0.2, 0) is 9.84 Å². The van der Waals surface area contributed by atoms with E-state index in [4.69, 9.17) is 8.94 Å². The van der Waals surface area contributed by atoms with E-state index in [1.807, 2.05) is 6.07 Å². The fraction of sp³-hybridized carbons (Fsp3) is 0.467. The van der Waals surface area contributed by atoms with Gasteiger partial charge in [-0.2, -0.15) is 0 Å². The van der Waals surface area contributed by atoms with E-state index in [2.05, 4.69) is 20.3 Å². The number of sulfone groups is 1. The molecule has 1 saturated heterocycles. The molecule has 4 heterocycles. The molecule has 3 aromatic heterocycles. The van der Waals surface area contributed by atoms with Gasteiger partial charge in [0.15, 0.2) is 9.84 Å². The number of nitrogens with zero attached hydrogens (tertiary/aromatic N) is 4. The first-order valence-electron chi connectivity index (χ1n) is 7.88. The van der Waals surface area contributed by atoms with E-state index in [0.717, 1.165) is 23.9 Å². The van der Waals surface area contributed by atoms with Crippen LogP contribution in [0.5, 0.6) is 0 Å². The summed E-state index contributed by atoms with van der Waals surface area (Å²) in [6.07, 6.45) is 4.37. The van der Waals surface area contributed by atoms with Crippen molar-refractivity contribution in [1.82, 2.24) is 20.3 Å². The highest BCUT2D eigenvalue weighted by Gasteiger charge is 2.33. The number of pyridine rings is 1. The van der Waals surface area contributed by atoms with Gasteiger partial charge in [-0.05, 0) is 25.3 Å². The largest absolute Gasteiger partial charge is 0.420 e. The molecule has 2 fully saturated rings. The second kappa shape index (κ2) is 4.85. The van der Waals surface area contributed by atoms with Crippen molar-refractivity contribution in [2.45, 2.75) is 31.1 Å². The van der Waals surface area contributed by atoms with Crippen LogP contribution in [0.4, 0.5) is 0 Å². The van der Waals surface area contributed by atoms with Crippen LogP contribution in [0.15, 0.2) is 21.2 Å². The number of hydrogen-bond donors (Lipinski definition) is 0. The molecule has 24 heavy (non-hydrogen) atoms. The molecule has 0 aromatic carbocycles. The van der Waals surface area contributed by atoms with Gasteiger partial charge in [0.05, 0.1) is 34.1 Å². The first-order chi connectivity index (χ1) is 11.6. The summed E-state index contributed by atoms with van der Waals surface area (Å²) >= 11 is 0. The Morgan fingerprint density at radius 1 is 1.12 bits per heavy atom. The van der Waals surface area contributed by atoms with Crippen LogP contribution in [0, 0.1) is 0 Å². The number of hydrogen-bond acceptors (Lipinski definition) is 8. The molecular formula is C15H14N4O4S. The van der Waals surface area contributed by atoms with E-state index in [1.165, 1.54) is 0 Å². The Hall–Kier alpha value is -2.29. The van der Waals surface area contributed by atoms with E-state index in [9.17, 15) is 8.42 Å². The predicted molar refractivity (Wildman–Crippen MR) is 83.1 cm³/mol. The molecule has 1 atom stereocenters. The summed E-state index contributed by atoms with van der Waals surface area (Å²) in [5.74, 6) is 1.19. The lowest BCUT2D eigenvalue weighted by atomic mass is 10.1. The Kier molecular flexibility index (Phi) is 2.85. The third-order valence-corrected chi connectivity index (χ3v) is 6.36. The van der Waals surface area contributed by atoms with Gasteiger partial charge in [0.25, 0.3) is 5.71 Å². The number of aromatic nitrogens is 4. The average Bonchev–Trinajstić information content (AvgIpc) is 2.99. The molecular weight excluding hydrogens is 332 g/mol. The van der Waals surface area contributed by atoms with Crippen molar-refractivity contribution in [1.29, 1.82) is 0 Å². The summed E-state index contributed by atoms with van der Waals surface area (Å²) < 4.78 is 34.2. The minimum Gasteiger partial charge on any atom is -0.420 e. The third-order valence-electron chi connectivity index (χ3n) is 4.59. The Labute approximate surface area is 137 Å². The Morgan fingerprint density at radius 3 is 2.75 bits per heavy atom. The molecule has 1 aliphatic heterocycles. The molecule has 0 bridgehead atoms. The SMILES string of the molecule is O=S1(=O)CC[C@@H](c2nnc(-c3cnc4onc(C5CC5)c4c3)o2)C1. The molecule has 124 valence electrons. The smallest absolute Gasteiger partial charge is 0.257 e. The van der Waals surface area contributed by atoms with Gasteiger partial charge in [-0.25, -0.2) is 13.4 Å². The van der Waals surface area contributed by atoms with Crippen LogP contribution in [0.25, 0.3) is 22.6 Å². The summed E-state index contributed by atoms with van der Waals surface area (Å²) in [5.41, 5.74) is 2.12. The van der Waals surface area contributed by atoms with Crippen molar-refractivity contribution in [3.8, 4) is 11.5 Å². The number of fused-ring (bicyclic) bond motifs is 1. The molecule has 0 unspecified atom stereocenters. The van der Waals surface area contributed by atoms with Gasteiger partial charge in [0.1, 0.15) is 0 Å². The zero-order chi connectivity index (χ0) is 16.3. The van der Waals surface area contributed by atoms with Crippen molar-refractivity contribution in [3.05, 3.63) is 23.8 Å². The van der Waals surface area contributed by atoms with Crippen molar-refractivity contribution >= 4 is 20.9 Å². The lowest BCUT2D eigenvalue weighted by molar-refractivity contribution is 0.439. The van der Waals surface area contributed by atoms with Crippen molar-refractivity contribution in [2.24, 2.45) is 0 Å². The molecule has 0 N–H and O–H groups in total. The van der Waals surface area contributed by atoms with E-state index >= 15 is 0 Å². The maximum atomic E-state index is 11.6. The van der Waals surface area contributed by atoms with Gasteiger partial charge >= 0.3 is 0 Å². The Bertz CT molecular complexity index is 1030. The lowest BCUT2D eigenvalue weighted by Crippen LogP contribution is -2.03. The topological polar surface area (TPSA) is 112 Å². The molecule has 0 spiro atoms. The minimum atomic E-state index is -2.99. The zero-order valence-electron chi connectivity index (χ0n) is 12.7. The van der Waals surface area contributed by atoms with Gasteiger partial charge in [-0.3, -0.25) is 0 Å². The molecule has 5 rings (SSSR count). The standard InChI is InChI=1S/C15H14N4O4S/c20-24(21)4-3-9(7-24)13-17-18-14(22-13)10-5-11-12(8-1-2-8)19-23-15(11)16-6-10/h5-6,8-9H,1-4,7H2/t9-/m1/s1. The van der Waals surface area contributed by atoms with Crippen molar-refractivity contribution in [3.63, 3.8) is 0 Å². The van der Waals surface area contributed by atoms with E-state index in [1.54, 1.807) is 6.20 Å². The molecule has 3 aromatic rings. The zero-order valence-corrected chi connectivity index (χ0v) is 13.5. The normalized spacial score (nSPS) is 23.1. The summed E-state index contributed by atoms with van der Waals surface area (Å²) in [4.78, 5) is 4.27. The second-order valence-electron chi connectivity index (χ2n) is 6.46. The molecule has 0 amide bonds. The maximum Gasteiger partial charge on any atom is 0.257 e. The fourth-order valence-corrected chi connectivity index (χ4v) is 4.86. The fourth-order valence-electron chi connectivity index (χ4n) is 3.12. The van der Waals surface area contributed by atoms with E-state index in [-0.39, 0.29) is 17.4 Å². The van der Waals surface area contributed by atoms with E-state index in [0.29, 0.717) is 35.4 Å². The lowest BCUT2D eigenvalue weighted by Gasteiger charge is -1.99. The highest BCUT2D eigenvalue weighted by atomic mass is 32.2. The van der Waals surface area contributed by atoms with Crippen LogP contribution < -0.4 is 0 Å². The van der Waals surface area contributed by atoms with Crippen molar-refractivity contribution in [2.75, 3.05) is 11.5 Å². The quantitative estimate of drug-likeness (QED) is 0.708. The third kappa shape index (κ3) is 2.31. The molecule has 2 aliphatic rings.